The van der Waals surface area contributed by atoms with E-state index in [1.165, 1.54) is 19.2 Å². The zero-order valence-corrected chi connectivity index (χ0v) is 13.2. The van der Waals surface area contributed by atoms with Crippen LogP contribution < -0.4 is 19.5 Å². The van der Waals surface area contributed by atoms with E-state index in [1.54, 1.807) is 18.2 Å². The number of halogens is 1. The molecule has 1 aliphatic heterocycles. The Labute approximate surface area is 142 Å². The Kier molecular flexibility index (Phi) is 4.69. The predicted octanol–water partition coefficient (Wildman–Crippen LogP) is 2.36. The molecule has 0 saturated carbocycles. The minimum absolute atomic E-state index is 0.123. The Hall–Kier alpha value is -3.29. The number of benzene rings is 2. The molecule has 7 nitrogen and oxygen atoms in total. The van der Waals surface area contributed by atoms with Crippen LogP contribution in [0.4, 0.5) is 10.1 Å². The second kappa shape index (κ2) is 7.08. The maximum absolute atomic E-state index is 13.8. The fourth-order valence-electron chi connectivity index (χ4n) is 2.17. The van der Waals surface area contributed by atoms with E-state index in [9.17, 15) is 14.0 Å². The van der Waals surface area contributed by atoms with Crippen molar-refractivity contribution in [3.05, 3.63) is 47.8 Å². The van der Waals surface area contributed by atoms with Crippen LogP contribution in [0, 0.1) is 5.82 Å². The van der Waals surface area contributed by atoms with Crippen LogP contribution in [0.25, 0.3) is 0 Å². The summed E-state index contributed by atoms with van der Waals surface area (Å²) in [5, 5.41) is 2.55. The van der Waals surface area contributed by atoms with E-state index in [4.69, 9.17) is 18.9 Å². The zero-order valence-electron chi connectivity index (χ0n) is 13.2. The first-order valence-electron chi connectivity index (χ1n) is 7.27. The number of methoxy groups -OCH3 is 1. The molecule has 8 heteroatoms. The molecule has 25 heavy (non-hydrogen) atoms. The first-order valence-corrected chi connectivity index (χ1v) is 7.27. The molecule has 0 atom stereocenters. The van der Waals surface area contributed by atoms with Crippen molar-refractivity contribution in [1.82, 2.24) is 0 Å². The minimum Gasteiger partial charge on any atom is -0.497 e. The Morgan fingerprint density at radius 1 is 1.16 bits per heavy atom. The van der Waals surface area contributed by atoms with Crippen molar-refractivity contribution in [2.75, 3.05) is 25.8 Å². The number of carbonyl (C=O) groups excluding carboxylic acids is 2. The lowest BCUT2D eigenvalue weighted by molar-refractivity contribution is -0.119. The molecular formula is C17H14FNO6. The average molecular weight is 347 g/mol. The molecule has 1 amide bonds. The Bertz CT molecular complexity index is 823. The van der Waals surface area contributed by atoms with E-state index in [0.29, 0.717) is 17.2 Å². The third kappa shape index (κ3) is 3.79. The predicted molar refractivity (Wildman–Crippen MR) is 84.4 cm³/mol. The number of anilines is 1. The van der Waals surface area contributed by atoms with Gasteiger partial charge in [0, 0.05) is 17.8 Å². The maximum Gasteiger partial charge on any atom is 0.341 e. The summed E-state index contributed by atoms with van der Waals surface area (Å²) >= 11 is 0. The molecule has 2 aromatic rings. The van der Waals surface area contributed by atoms with E-state index in [-0.39, 0.29) is 18.1 Å². The van der Waals surface area contributed by atoms with Crippen molar-refractivity contribution in [3.8, 4) is 17.2 Å². The van der Waals surface area contributed by atoms with Crippen molar-refractivity contribution < 1.29 is 32.9 Å². The highest BCUT2D eigenvalue weighted by Gasteiger charge is 2.17. The molecule has 2 aromatic carbocycles. The van der Waals surface area contributed by atoms with Gasteiger partial charge in [-0.25, -0.2) is 9.18 Å². The van der Waals surface area contributed by atoms with E-state index < -0.39 is 24.3 Å². The van der Waals surface area contributed by atoms with E-state index in [0.717, 1.165) is 6.07 Å². The third-order valence-electron chi connectivity index (χ3n) is 3.39. The van der Waals surface area contributed by atoms with Crippen molar-refractivity contribution in [2.45, 2.75) is 0 Å². The zero-order chi connectivity index (χ0) is 17.8. The summed E-state index contributed by atoms with van der Waals surface area (Å²) in [6, 6.07) is 8.57. The van der Waals surface area contributed by atoms with E-state index in [1.807, 2.05) is 0 Å². The van der Waals surface area contributed by atoms with Crippen molar-refractivity contribution in [2.24, 2.45) is 0 Å². The van der Waals surface area contributed by atoms with Gasteiger partial charge < -0.3 is 24.3 Å². The highest BCUT2D eigenvalue weighted by Crippen LogP contribution is 2.34. The van der Waals surface area contributed by atoms with Crippen LogP contribution in [0.2, 0.25) is 0 Å². The van der Waals surface area contributed by atoms with Gasteiger partial charge in [0.1, 0.15) is 11.6 Å². The van der Waals surface area contributed by atoms with Crippen LogP contribution >= 0.6 is 0 Å². The highest BCUT2D eigenvalue weighted by molar-refractivity contribution is 5.95. The number of ether oxygens (including phenoxy) is 4. The molecule has 0 radical (unpaired) electrons. The maximum atomic E-state index is 13.8. The Balaban J connectivity index is 1.56. The number of rotatable bonds is 5. The van der Waals surface area contributed by atoms with Crippen LogP contribution in [0.5, 0.6) is 17.2 Å². The summed E-state index contributed by atoms with van der Waals surface area (Å²) in [4.78, 5) is 23.7. The van der Waals surface area contributed by atoms with Crippen LogP contribution in [-0.2, 0) is 9.53 Å². The lowest BCUT2D eigenvalue weighted by Gasteiger charge is -2.08. The second-order valence-electron chi connectivity index (χ2n) is 5.04. The molecule has 0 bridgehead atoms. The third-order valence-corrected chi connectivity index (χ3v) is 3.39. The SMILES string of the molecule is COc1ccc(C(=O)OCC(=O)Nc2ccc3c(c2)OCO3)c(F)c1. The van der Waals surface area contributed by atoms with Crippen LogP contribution in [0.15, 0.2) is 36.4 Å². The van der Waals surface area contributed by atoms with Gasteiger partial charge in [0.25, 0.3) is 5.91 Å². The molecule has 1 aliphatic rings. The van der Waals surface area contributed by atoms with Crippen LogP contribution in [0.3, 0.4) is 0 Å². The molecule has 0 saturated heterocycles. The summed E-state index contributed by atoms with van der Waals surface area (Å²) in [7, 11) is 1.38. The van der Waals surface area contributed by atoms with Gasteiger partial charge in [0.05, 0.1) is 12.7 Å². The number of hydrogen-bond donors (Lipinski definition) is 1. The van der Waals surface area contributed by atoms with Gasteiger partial charge in [-0.2, -0.15) is 0 Å². The number of fused-ring (bicyclic) bond motifs is 1. The summed E-state index contributed by atoms with van der Waals surface area (Å²) in [5.74, 6) is -0.938. The minimum atomic E-state index is -0.944. The van der Waals surface area contributed by atoms with Gasteiger partial charge in [0.2, 0.25) is 6.79 Å². The fraction of sp³-hybridized carbons (Fsp3) is 0.176. The number of amides is 1. The molecular weight excluding hydrogens is 333 g/mol. The van der Waals surface area contributed by atoms with Gasteiger partial charge in [-0.3, -0.25) is 4.79 Å². The van der Waals surface area contributed by atoms with Crippen molar-refractivity contribution >= 4 is 17.6 Å². The quantitative estimate of drug-likeness (QED) is 0.836. The summed E-state index contributed by atoms with van der Waals surface area (Å²) in [6.07, 6.45) is 0. The first kappa shape index (κ1) is 16.6. The lowest BCUT2D eigenvalue weighted by atomic mass is 10.2. The molecule has 0 aromatic heterocycles. The number of nitrogens with one attached hydrogen (secondary N) is 1. The van der Waals surface area contributed by atoms with Gasteiger partial charge in [-0.15, -0.1) is 0 Å². The lowest BCUT2D eigenvalue weighted by Crippen LogP contribution is -2.21. The van der Waals surface area contributed by atoms with Crippen molar-refractivity contribution in [3.63, 3.8) is 0 Å². The molecule has 130 valence electrons. The number of esters is 1. The fourth-order valence-corrected chi connectivity index (χ4v) is 2.17. The van der Waals surface area contributed by atoms with Gasteiger partial charge in [0.15, 0.2) is 18.1 Å². The van der Waals surface area contributed by atoms with Crippen molar-refractivity contribution in [1.29, 1.82) is 0 Å². The molecule has 0 fully saturated rings. The topological polar surface area (TPSA) is 83.1 Å². The molecule has 0 aliphatic carbocycles. The van der Waals surface area contributed by atoms with Gasteiger partial charge >= 0.3 is 5.97 Å². The van der Waals surface area contributed by atoms with Crippen LogP contribution in [0.1, 0.15) is 10.4 Å². The summed E-state index contributed by atoms with van der Waals surface area (Å²) in [5.41, 5.74) is 0.178. The Morgan fingerprint density at radius 2 is 1.96 bits per heavy atom. The Morgan fingerprint density at radius 3 is 2.72 bits per heavy atom. The van der Waals surface area contributed by atoms with Crippen LogP contribution in [-0.4, -0.2) is 32.4 Å². The largest absolute Gasteiger partial charge is 0.497 e. The first-order chi connectivity index (χ1) is 12.1. The second-order valence-corrected chi connectivity index (χ2v) is 5.04. The molecule has 0 spiro atoms. The van der Waals surface area contributed by atoms with E-state index in [2.05, 4.69) is 5.32 Å². The molecule has 1 N–H and O–H groups in total. The highest BCUT2D eigenvalue weighted by atomic mass is 19.1. The number of hydrogen-bond acceptors (Lipinski definition) is 6. The van der Waals surface area contributed by atoms with Gasteiger partial charge in [-0.1, -0.05) is 0 Å². The smallest absolute Gasteiger partial charge is 0.341 e. The molecule has 0 unspecified atom stereocenters. The standard InChI is InChI=1S/C17H14FNO6/c1-22-11-3-4-12(13(18)7-11)17(21)23-8-16(20)19-10-2-5-14-15(6-10)25-9-24-14/h2-7H,8-9H2,1H3,(H,19,20). The summed E-state index contributed by atoms with van der Waals surface area (Å²) < 4.78 is 33.8. The monoisotopic (exact) mass is 347 g/mol. The normalized spacial score (nSPS) is 11.8. The van der Waals surface area contributed by atoms with Gasteiger partial charge in [-0.05, 0) is 24.3 Å². The van der Waals surface area contributed by atoms with E-state index >= 15 is 0 Å². The summed E-state index contributed by atoms with van der Waals surface area (Å²) in [6.45, 7) is -0.434. The molecule has 3 rings (SSSR count). The average Bonchev–Trinajstić information content (AvgIpc) is 3.07. The molecule has 1 heterocycles. The number of carbonyl (C=O) groups is 2.